The number of para-hydroxylation sites is 1. The normalized spacial score (nSPS) is 11.0. The molecule has 4 aromatic rings. The number of anilines is 3. The second-order valence-corrected chi connectivity index (χ2v) is 6.49. The number of nitrogen functional groups attached to an aromatic ring is 1. The molecule has 130 valence electrons. The van der Waals surface area contributed by atoms with Crippen molar-refractivity contribution in [2.24, 2.45) is 0 Å². The lowest BCUT2D eigenvalue weighted by atomic mass is 10.1. The molecule has 8 heteroatoms. The first kappa shape index (κ1) is 16.6. The molecule has 0 aliphatic heterocycles. The molecule has 0 radical (unpaired) electrons. The summed E-state index contributed by atoms with van der Waals surface area (Å²) < 4.78 is 5.90. The SMILES string of the molecule is Cc1c(-c2nc(N)nc(Nc3ccc(Cl)cc3Cl)n2)oc2ccccc12. The average Bonchev–Trinajstić information content (AvgIpc) is 2.94. The Balaban J connectivity index is 1.77. The van der Waals surface area contributed by atoms with Crippen LogP contribution in [0.15, 0.2) is 46.9 Å². The Hall–Kier alpha value is -2.83. The van der Waals surface area contributed by atoms with Crippen molar-refractivity contribution in [3.8, 4) is 11.6 Å². The zero-order valence-electron chi connectivity index (χ0n) is 13.6. The monoisotopic (exact) mass is 385 g/mol. The number of aromatic nitrogens is 3. The molecule has 0 atom stereocenters. The van der Waals surface area contributed by atoms with Gasteiger partial charge in [0.2, 0.25) is 17.7 Å². The maximum Gasteiger partial charge on any atom is 0.232 e. The van der Waals surface area contributed by atoms with Gasteiger partial charge in [-0.1, -0.05) is 41.4 Å². The van der Waals surface area contributed by atoms with Crippen LogP contribution in [0.4, 0.5) is 17.6 Å². The Kier molecular flexibility index (Phi) is 4.14. The third-order valence-corrected chi connectivity index (χ3v) is 4.42. The number of benzene rings is 2. The maximum absolute atomic E-state index is 6.19. The van der Waals surface area contributed by atoms with Crippen LogP contribution in [0.1, 0.15) is 5.56 Å². The third-order valence-electron chi connectivity index (χ3n) is 3.88. The fourth-order valence-electron chi connectivity index (χ4n) is 2.65. The van der Waals surface area contributed by atoms with Crippen LogP contribution in [-0.4, -0.2) is 15.0 Å². The Bertz CT molecular complexity index is 1130. The highest BCUT2D eigenvalue weighted by atomic mass is 35.5. The van der Waals surface area contributed by atoms with Crippen LogP contribution in [0, 0.1) is 6.92 Å². The van der Waals surface area contributed by atoms with E-state index in [0.29, 0.717) is 27.3 Å². The first-order valence-electron chi connectivity index (χ1n) is 7.73. The summed E-state index contributed by atoms with van der Waals surface area (Å²) in [6, 6.07) is 12.8. The van der Waals surface area contributed by atoms with Gasteiger partial charge in [0, 0.05) is 16.0 Å². The van der Waals surface area contributed by atoms with Crippen LogP contribution in [0.3, 0.4) is 0 Å². The minimum Gasteiger partial charge on any atom is -0.452 e. The van der Waals surface area contributed by atoms with Gasteiger partial charge in [0.25, 0.3) is 0 Å². The summed E-state index contributed by atoms with van der Waals surface area (Å²) in [5.41, 5.74) is 8.16. The second-order valence-electron chi connectivity index (χ2n) is 5.64. The zero-order valence-corrected chi connectivity index (χ0v) is 15.1. The standard InChI is InChI=1S/C18H13Cl2N5O/c1-9-11-4-2-3-5-14(11)26-15(9)16-23-17(21)25-18(24-16)22-13-7-6-10(19)8-12(13)20/h2-8H,1H3,(H3,21,22,23,24,25). The van der Waals surface area contributed by atoms with Gasteiger partial charge < -0.3 is 15.5 Å². The Morgan fingerprint density at radius 3 is 2.62 bits per heavy atom. The molecule has 0 aliphatic rings. The molecule has 4 rings (SSSR count). The largest absolute Gasteiger partial charge is 0.452 e. The molecular formula is C18H13Cl2N5O. The predicted molar refractivity (Wildman–Crippen MR) is 104 cm³/mol. The van der Waals surface area contributed by atoms with Crippen molar-refractivity contribution in [1.29, 1.82) is 0 Å². The highest BCUT2D eigenvalue weighted by Gasteiger charge is 2.17. The summed E-state index contributed by atoms with van der Waals surface area (Å²) in [6.45, 7) is 1.95. The summed E-state index contributed by atoms with van der Waals surface area (Å²) >= 11 is 12.1. The number of aryl methyl sites for hydroxylation is 1. The topological polar surface area (TPSA) is 89.9 Å². The van der Waals surface area contributed by atoms with Gasteiger partial charge in [-0.3, -0.25) is 0 Å². The highest BCUT2D eigenvalue weighted by molar-refractivity contribution is 6.36. The van der Waals surface area contributed by atoms with E-state index in [-0.39, 0.29) is 11.9 Å². The highest BCUT2D eigenvalue weighted by Crippen LogP contribution is 2.32. The average molecular weight is 386 g/mol. The Morgan fingerprint density at radius 2 is 1.85 bits per heavy atom. The lowest BCUT2D eigenvalue weighted by Crippen LogP contribution is -2.05. The summed E-state index contributed by atoms with van der Waals surface area (Å²) in [6.07, 6.45) is 0. The van der Waals surface area contributed by atoms with Crippen LogP contribution < -0.4 is 11.1 Å². The molecule has 0 saturated heterocycles. The Labute approximate surface area is 159 Å². The molecule has 2 heterocycles. The molecule has 2 aromatic carbocycles. The number of nitrogens with zero attached hydrogens (tertiary/aromatic N) is 3. The van der Waals surface area contributed by atoms with Gasteiger partial charge in [0.15, 0.2) is 5.76 Å². The van der Waals surface area contributed by atoms with Gasteiger partial charge in [-0.05, 0) is 31.2 Å². The van der Waals surface area contributed by atoms with Crippen LogP contribution in [0.25, 0.3) is 22.6 Å². The van der Waals surface area contributed by atoms with E-state index >= 15 is 0 Å². The number of nitrogens with one attached hydrogen (secondary N) is 1. The van der Waals surface area contributed by atoms with E-state index < -0.39 is 0 Å². The summed E-state index contributed by atoms with van der Waals surface area (Å²) in [4.78, 5) is 12.7. The summed E-state index contributed by atoms with van der Waals surface area (Å²) in [5, 5.41) is 5.01. The molecule has 0 unspecified atom stereocenters. The smallest absolute Gasteiger partial charge is 0.232 e. The predicted octanol–water partition coefficient (Wildman–Crippen LogP) is 5.23. The molecule has 2 aromatic heterocycles. The minimum atomic E-state index is 0.0717. The van der Waals surface area contributed by atoms with Crippen molar-refractivity contribution in [3.05, 3.63) is 58.1 Å². The van der Waals surface area contributed by atoms with Crippen molar-refractivity contribution in [3.63, 3.8) is 0 Å². The van der Waals surface area contributed by atoms with Gasteiger partial charge in [-0.2, -0.15) is 15.0 Å². The molecule has 26 heavy (non-hydrogen) atoms. The molecule has 3 N–H and O–H groups in total. The van der Waals surface area contributed by atoms with Gasteiger partial charge in [-0.25, -0.2) is 0 Å². The van der Waals surface area contributed by atoms with E-state index in [1.807, 2.05) is 31.2 Å². The number of fused-ring (bicyclic) bond motifs is 1. The van der Waals surface area contributed by atoms with Crippen LogP contribution in [-0.2, 0) is 0 Å². The minimum absolute atomic E-state index is 0.0717. The van der Waals surface area contributed by atoms with E-state index in [2.05, 4.69) is 20.3 Å². The molecule has 0 spiro atoms. The lowest BCUT2D eigenvalue weighted by Gasteiger charge is -2.08. The summed E-state index contributed by atoms with van der Waals surface area (Å²) in [5.74, 6) is 1.23. The number of hydrogen-bond acceptors (Lipinski definition) is 6. The number of nitrogens with two attached hydrogens (primary N) is 1. The van der Waals surface area contributed by atoms with Crippen molar-refractivity contribution in [1.82, 2.24) is 15.0 Å². The second kappa shape index (κ2) is 6.48. The number of hydrogen-bond donors (Lipinski definition) is 2. The fourth-order valence-corrected chi connectivity index (χ4v) is 3.10. The lowest BCUT2D eigenvalue weighted by molar-refractivity contribution is 0.622. The van der Waals surface area contributed by atoms with E-state index in [4.69, 9.17) is 33.4 Å². The van der Waals surface area contributed by atoms with E-state index in [0.717, 1.165) is 16.5 Å². The first-order valence-corrected chi connectivity index (χ1v) is 8.49. The Morgan fingerprint density at radius 1 is 1.04 bits per heavy atom. The van der Waals surface area contributed by atoms with Gasteiger partial charge >= 0.3 is 0 Å². The van der Waals surface area contributed by atoms with Crippen molar-refractivity contribution >= 4 is 51.8 Å². The molecule has 0 aliphatic carbocycles. The third kappa shape index (κ3) is 3.05. The molecule has 0 saturated carbocycles. The fraction of sp³-hybridized carbons (Fsp3) is 0.0556. The van der Waals surface area contributed by atoms with Gasteiger partial charge in [-0.15, -0.1) is 0 Å². The molecular weight excluding hydrogens is 373 g/mol. The number of halogens is 2. The quantitative estimate of drug-likeness (QED) is 0.501. The zero-order chi connectivity index (χ0) is 18.3. The van der Waals surface area contributed by atoms with Crippen LogP contribution >= 0.6 is 23.2 Å². The summed E-state index contributed by atoms with van der Waals surface area (Å²) in [7, 11) is 0. The molecule has 0 fully saturated rings. The molecule has 6 nitrogen and oxygen atoms in total. The number of rotatable bonds is 3. The van der Waals surface area contributed by atoms with Crippen LogP contribution in [0.5, 0.6) is 0 Å². The number of furan rings is 1. The van der Waals surface area contributed by atoms with Gasteiger partial charge in [0.05, 0.1) is 10.7 Å². The van der Waals surface area contributed by atoms with Crippen molar-refractivity contribution in [2.45, 2.75) is 6.92 Å². The van der Waals surface area contributed by atoms with Crippen LogP contribution in [0.2, 0.25) is 10.0 Å². The van der Waals surface area contributed by atoms with Crippen molar-refractivity contribution in [2.75, 3.05) is 11.1 Å². The molecule has 0 amide bonds. The molecule has 0 bridgehead atoms. The first-order chi connectivity index (χ1) is 12.5. The van der Waals surface area contributed by atoms with E-state index in [9.17, 15) is 0 Å². The maximum atomic E-state index is 6.19. The van der Waals surface area contributed by atoms with Gasteiger partial charge in [0.1, 0.15) is 5.58 Å². The van der Waals surface area contributed by atoms with E-state index in [1.54, 1.807) is 18.2 Å². The van der Waals surface area contributed by atoms with Crippen molar-refractivity contribution < 1.29 is 4.42 Å². The van der Waals surface area contributed by atoms with E-state index in [1.165, 1.54) is 0 Å².